The molecule has 0 heterocycles. The second-order valence-electron chi connectivity index (χ2n) is 6.29. The van der Waals surface area contributed by atoms with E-state index in [2.05, 4.69) is 24.1 Å². The largest absolute Gasteiger partial charge is 0.271 e. The van der Waals surface area contributed by atoms with Gasteiger partial charge in [0.1, 0.15) is 0 Å². The van der Waals surface area contributed by atoms with Crippen molar-refractivity contribution in [3.8, 4) is 0 Å². The van der Waals surface area contributed by atoms with E-state index in [1.807, 2.05) is 84.9 Å². The molecule has 2 N–H and O–H groups in total. The van der Waals surface area contributed by atoms with E-state index in [0.29, 0.717) is 13.2 Å². The van der Waals surface area contributed by atoms with Gasteiger partial charge in [0.05, 0.1) is 24.6 Å². The zero-order valence-corrected chi connectivity index (χ0v) is 15.7. The first-order valence-corrected chi connectivity index (χ1v) is 9.04. The Morgan fingerprint density at radius 3 is 1.29 bits per heavy atom. The Morgan fingerprint density at radius 1 is 0.571 bits per heavy atom. The van der Waals surface area contributed by atoms with E-state index >= 15 is 0 Å². The number of hydroxylamine groups is 2. The minimum absolute atomic E-state index is 0.441. The number of benzene rings is 3. The van der Waals surface area contributed by atoms with Crippen LogP contribution in [0, 0.1) is 0 Å². The molecule has 0 spiro atoms. The molecular formula is C24H24N2O2. The van der Waals surface area contributed by atoms with Crippen molar-refractivity contribution in [2.75, 3.05) is 0 Å². The summed E-state index contributed by atoms with van der Waals surface area (Å²) < 4.78 is 0. The van der Waals surface area contributed by atoms with Gasteiger partial charge < -0.3 is 0 Å². The van der Waals surface area contributed by atoms with Crippen LogP contribution in [0.2, 0.25) is 0 Å². The fraction of sp³-hybridized carbons (Fsp3) is 0.0833. The molecule has 0 saturated heterocycles. The summed E-state index contributed by atoms with van der Waals surface area (Å²) in [6.45, 7) is 8.83. The molecule has 0 aromatic heterocycles. The SMILES string of the molecule is C=C(NOCc1ccc(CONC(=C)c2ccccc2)cc1)c1ccccc1. The van der Waals surface area contributed by atoms with E-state index in [0.717, 1.165) is 33.6 Å². The standard InChI is InChI=1S/C24H24N2O2/c1-19(23-9-5-3-6-10-23)25-27-17-21-13-15-22(16-14-21)18-28-26-20(2)24-11-7-4-8-12-24/h3-16,25-26H,1-2,17-18H2. The summed E-state index contributed by atoms with van der Waals surface area (Å²) in [7, 11) is 0. The molecular weight excluding hydrogens is 348 g/mol. The first kappa shape index (κ1) is 19.4. The molecule has 0 unspecified atom stereocenters. The van der Waals surface area contributed by atoms with E-state index < -0.39 is 0 Å². The van der Waals surface area contributed by atoms with Gasteiger partial charge in [0.25, 0.3) is 0 Å². The summed E-state index contributed by atoms with van der Waals surface area (Å²) in [6, 6.07) is 27.8. The number of rotatable bonds is 10. The lowest BCUT2D eigenvalue weighted by atomic mass is 10.1. The van der Waals surface area contributed by atoms with Gasteiger partial charge in [-0.25, -0.2) is 0 Å². The third-order valence-corrected chi connectivity index (χ3v) is 4.14. The average molecular weight is 372 g/mol. The van der Waals surface area contributed by atoms with Gasteiger partial charge in [0, 0.05) is 0 Å². The lowest BCUT2D eigenvalue weighted by Gasteiger charge is -2.11. The monoisotopic (exact) mass is 372 g/mol. The smallest absolute Gasteiger partial charge is 0.0996 e. The van der Waals surface area contributed by atoms with Crippen LogP contribution in [0.5, 0.6) is 0 Å². The van der Waals surface area contributed by atoms with Crippen molar-refractivity contribution in [3.63, 3.8) is 0 Å². The predicted octanol–water partition coefficient (Wildman–Crippen LogP) is 5.07. The van der Waals surface area contributed by atoms with E-state index in [9.17, 15) is 0 Å². The number of nitrogens with one attached hydrogen (secondary N) is 2. The molecule has 0 bridgehead atoms. The summed E-state index contributed by atoms with van der Waals surface area (Å²) in [5.41, 5.74) is 11.3. The quantitative estimate of drug-likeness (QED) is 0.488. The van der Waals surface area contributed by atoms with Crippen LogP contribution >= 0.6 is 0 Å². The Balaban J connectivity index is 1.39. The van der Waals surface area contributed by atoms with Gasteiger partial charge in [-0.3, -0.25) is 20.6 Å². The highest BCUT2D eigenvalue weighted by Gasteiger charge is 2.01. The predicted molar refractivity (Wildman–Crippen MR) is 113 cm³/mol. The van der Waals surface area contributed by atoms with Gasteiger partial charge in [-0.1, -0.05) is 98.1 Å². The molecule has 28 heavy (non-hydrogen) atoms. The van der Waals surface area contributed by atoms with Crippen LogP contribution in [0.25, 0.3) is 11.4 Å². The first-order chi connectivity index (χ1) is 13.7. The fourth-order valence-electron chi connectivity index (χ4n) is 2.54. The molecule has 0 fully saturated rings. The summed E-state index contributed by atoms with van der Waals surface area (Å²) >= 11 is 0. The van der Waals surface area contributed by atoms with Crippen LogP contribution in [0.15, 0.2) is 98.1 Å². The third kappa shape index (κ3) is 5.84. The van der Waals surface area contributed by atoms with Gasteiger partial charge >= 0.3 is 0 Å². The van der Waals surface area contributed by atoms with Gasteiger partial charge in [0.2, 0.25) is 0 Å². The van der Waals surface area contributed by atoms with Crippen molar-refractivity contribution >= 4 is 11.4 Å². The zero-order valence-electron chi connectivity index (χ0n) is 15.7. The highest BCUT2D eigenvalue weighted by Crippen LogP contribution is 2.11. The van der Waals surface area contributed by atoms with Crippen LogP contribution in [-0.4, -0.2) is 0 Å². The van der Waals surface area contributed by atoms with Crippen molar-refractivity contribution in [1.82, 2.24) is 11.0 Å². The van der Waals surface area contributed by atoms with Crippen molar-refractivity contribution in [2.24, 2.45) is 0 Å². The minimum atomic E-state index is 0.441. The van der Waals surface area contributed by atoms with E-state index in [1.165, 1.54) is 0 Å². The molecule has 0 atom stereocenters. The molecule has 0 saturated carbocycles. The van der Waals surface area contributed by atoms with Crippen molar-refractivity contribution in [3.05, 3.63) is 120 Å². The Labute approximate surface area is 166 Å². The topological polar surface area (TPSA) is 42.5 Å². The van der Waals surface area contributed by atoms with Gasteiger partial charge in [-0.15, -0.1) is 0 Å². The molecule has 0 aliphatic carbocycles. The van der Waals surface area contributed by atoms with E-state index in [4.69, 9.17) is 9.68 Å². The highest BCUT2D eigenvalue weighted by atomic mass is 16.6. The number of hydrogen-bond acceptors (Lipinski definition) is 4. The van der Waals surface area contributed by atoms with Gasteiger partial charge in [0.15, 0.2) is 0 Å². The lowest BCUT2D eigenvalue weighted by Crippen LogP contribution is -2.13. The van der Waals surface area contributed by atoms with Crippen LogP contribution in [0.1, 0.15) is 22.3 Å². The van der Waals surface area contributed by atoms with Crippen LogP contribution in [-0.2, 0) is 22.9 Å². The summed E-state index contributed by atoms with van der Waals surface area (Å²) in [6.07, 6.45) is 0. The van der Waals surface area contributed by atoms with Crippen LogP contribution < -0.4 is 11.0 Å². The summed E-state index contributed by atoms with van der Waals surface area (Å²) in [4.78, 5) is 11.1. The van der Waals surface area contributed by atoms with Crippen molar-refractivity contribution in [1.29, 1.82) is 0 Å². The Morgan fingerprint density at radius 2 is 0.929 bits per heavy atom. The maximum absolute atomic E-state index is 5.53. The zero-order chi connectivity index (χ0) is 19.6. The molecule has 3 rings (SSSR count). The molecule has 4 heteroatoms. The molecule has 0 amide bonds. The van der Waals surface area contributed by atoms with Crippen molar-refractivity contribution < 1.29 is 9.68 Å². The highest BCUT2D eigenvalue weighted by molar-refractivity contribution is 5.61. The molecule has 0 aliphatic heterocycles. The summed E-state index contributed by atoms with van der Waals surface area (Å²) in [5, 5.41) is 0. The molecule has 0 radical (unpaired) electrons. The second kappa shape index (κ2) is 10.1. The normalized spacial score (nSPS) is 10.3. The van der Waals surface area contributed by atoms with Gasteiger partial charge in [-0.05, 0) is 22.3 Å². The fourth-order valence-corrected chi connectivity index (χ4v) is 2.54. The Kier molecular flexibility index (Phi) is 7.01. The molecule has 142 valence electrons. The van der Waals surface area contributed by atoms with Crippen molar-refractivity contribution in [2.45, 2.75) is 13.2 Å². The van der Waals surface area contributed by atoms with Crippen LogP contribution in [0.4, 0.5) is 0 Å². The Hall–Kier alpha value is -3.34. The molecule has 0 aliphatic rings. The average Bonchev–Trinajstić information content (AvgIpc) is 2.76. The lowest BCUT2D eigenvalue weighted by molar-refractivity contribution is 0.0631. The van der Waals surface area contributed by atoms with E-state index in [-0.39, 0.29) is 0 Å². The molecule has 4 nitrogen and oxygen atoms in total. The second-order valence-corrected chi connectivity index (χ2v) is 6.29. The third-order valence-electron chi connectivity index (χ3n) is 4.14. The summed E-state index contributed by atoms with van der Waals surface area (Å²) in [5.74, 6) is 0. The molecule has 3 aromatic rings. The minimum Gasteiger partial charge on any atom is -0.271 e. The molecule has 3 aromatic carbocycles. The first-order valence-electron chi connectivity index (χ1n) is 9.04. The van der Waals surface area contributed by atoms with E-state index in [1.54, 1.807) is 0 Å². The maximum Gasteiger partial charge on any atom is 0.0996 e. The maximum atomic E-state index is 5.53. The van der Waals surface area contributed by atoms with Crippen LogP contribution in [0.3, 0.4) is 0 Å². The number of hydrogen-bond donors (Lipinski definition) is 2. The van der Waals surface area contributed by atoms with Gasteiger partial charge in [-0.2, -0.15) is 0 Å². The Bertz CT molecular complexity index is 814.